The second-order valence-corrected chi connectivity index (χ2v) is 4.76. The number of methoxy groups -OCH3 is 1. The van der Waals surface area contributed by atoms with Crippen LogP contribution in [0.1, 0.15) is 40.0 Å². The zero-order valence-electron chi connectivity index (χ0n) is 12.3. The van der Waals surface area contributed by atoms with Crippen molar-refractivity contribution in [2.45, 2.75) is 64.3 Å². The van der Waals surface area contributed by atoms with Gasteiger partial charge >= 0.3 is 6.18 Å². The number of alkyl halides is 3. The number of halogens is 3. The lowest BCUT2D eigenvalue weighted by Crippen LogP contribution is -2.59. The molecule has 0 fully saturated rings. The van der Waals surface area contributed by atoms with Crippen molar-refractivity contribution in [3.8, 4) is 0 Å². The Kier molecular flexibility index (Phi) is 8.61. The third-order valence-corrected chi connectivity index (χ3v) is 3.53. The van der Waals surface area contributed by atoms with Crippen molar-refractivity contribution < 1.29 is 17.9 Å². The molecule has 0 aromatic rings. The van der Waals surface area contributed by atoms with Crippen LogP contribution in [-0.4, -0.2) is 49.5 Å². The molecule has 0 aromatic heterocycles. The van der Waals surface area contributed by atoms with E-state index in [-0.39, 0.29) is 19.2 Å². The maximum atomic E-state index is 13.3. The second-order valence-electron chi connectivity index (χ2n) is 4.76. The van der Waals surface area contributed by atoms with E-state index >= 15 is 0 Å². The SMILES string of the molecule is CCC(N)C(N(CCOC)C(CC)CC)C(F)(F)F. The molecule has 0 rings (SSSR count). The van der Waals surface area contributed by atoms with Crippen molar-refractivity contribution in [3.05, 3.63) is 0 Å². The van der Waals surface area contributed by atoms with E-state index in [0.29, 0.717) is 19.3 Å². The van der Waals surface area contributed by atoms with Gasteiger partial charge in [0, 0.05) is 25.7 Å². The van der Waals surface area contributed by atoms with Crippen molar-refractivity contribution >= 4 is 0 Å². The van der Waals surface area contributed by atoms with Crippen LogP contribution in [0.3, 0.4) is 0 Å². The third-order valence-electron chi connectivity index (χ3n) is 3.53. The van der Waals surface area contributed by atoms with Crippen molar-refractivity contribution in [3.63, 3.8) is 0 Å². The van der Waals surface area contributed by atoms with E-state index in [1.165, 1.54) is 12.0 Å². The molecule has 116 valence electrons. The molecule has 6 heteroatoms. The highest BCUT2D eigenvalue weighted by Crippen LogP contribution is 2.30. The summed E-state index contributed by atoms with van der Waals surface area (Å²) in [7, 11) is 1.49. The first-order chi connectivity index (χ1) is 8.83. The molecule has 0 radical (unpaired) electrons. The zero-order chi connectivity index (χ0) is 15.1. The lowest BCUT2D eigenvalue weighted by Gasteiger charge is -2.40. The average molecular weight is 284 g/mol. The quantitative estimate of drug-likeness (QED) is 0.707. The van der Waals surface area contributed by atoms with Crippen molar-refractivity contribution in [1.29, 1.82) is 0 Å². The summed E-state index contributed by atoms with van der Waals surface area (Å²) in [5, 5.41) is 0. The Labute approximate surface area is 114 Å². The molecule has 3 nitrogen and oxygen atoms in total. The van der Waals surface area contributed by atoms with Gasteiger partial charge in [0.25, 0.3) is 0 Å². The zero-order valence-corrected chi connectivity index (χ0v) is 12.3. The van der Waals surface area contributed by atoms with Crippen LogP contribution < -0.4 is 5.73 Å². The van der Waals surface area contributed by atoms with Crippen molar-refractivity contribution in [1.82, 2.24) is 4.90 Å². The van der Waals surface area contributed by atoms with Gasteiger partial charge in [-0.2, -0.15) is 13.2 Å². The van der Waals surface area contributed by atoms with Gasteiger partial charge in [0.15, 0.2) is 0 Å². The van der Waals surface area contributed by atoms with E-state index in [0.717, 1.165) is 0 Å². The van der Waals surface area contributed by atoms with Crippen LogP contribution in [0.25, 0.3) is 0 Å². The van der Waals surface area contributed by atoms with Gasteiger partial charge in [0.2, 0.25) is 0 Å². The molecule has 0 saturated heterocycles. The smallest absolute Gasteiger partial charge is 0.383 e. The maximum Gasteiger partial charge on any atom is 0.405 e. The highest BCUT2D eigenvalue weighted by molar-refractivity contribution is 4.90. The van der Waals surface area contributed by atoms with Crippen LogP contribution >= 0.6 is 0 Å². The summed E-state index contributed by atoms with van der Waals surface area (Å²) in [5.41, 5.74) is 5.72. The molecular weight excluding hydrogens is 257 g/mol. The Balaban J connectivity index is 5.22. The molecule has 2 unspecified atom stereocenters. The minimum absolute atomic E-state index is 0.126. The molecule has 0 heterocycles. The van der Waals surface area contributed by atoms with Crippen molar-refractivity contribution in [2.24, 2.45) is 5.73 Å². The first kappa shape index (κ1) is 18.7. The first-order valence-electron chi connectivity index (χ1n) is 6.90. The molecule has 0 bridgehead atoms. The molecule has 19 heavy (non-hydrogen) atoms. The largest absolute Gasteiger partial charge is 0.405 e. The van der Waals surface area contributed by atoms with Gasteiger partial charge in [-0.1, -0.05) is 20.8 Å². The molecule has 0 aliphatic carbocycles. The first-order valence-corrected chi connectivity index (χ1v) is 6.90. The summed E-state index contributed by atoms with van der Waals surface area (Å²) >= 11 is 0. The van der Waals surface area contributed by atoms with Gasteiger partial charge in [0.1, 0.15) is 6.04 Å². The standard InChI is InChI=1S/C13H27F3N2O/c1-5-10(6-2)18(8-9-19-4)12(11(17)7-3)13(14,15)16/h10-12H,5-9,17H2,1-4H3. The highest BCUT2D eigenvalue weighted by atomic mass is 19.4. The minimum Gasteiger partial charge on any atom is -0.383 e. The second kappa shape index (κ2) is 8.76. The van der Waals surface area contributed by atoms with E-state index in [1.807, 2.05) is 13.8 Å². The predicted octanol–water partition coefficient (Wildman–Crippen LogP) is 2.79. The van der Waals surface area contributed by atoms with Crippen LogP contribution in [0.4, 0.5) is 13.2 Å². The molecule has 2 N–H and O–H groups in total. The summed E-state index contributed by atoms with van der Waals surface area (Å²) < 4.78 is 44.9. The monoisotopic (exact) mass is 284 g/mol. The topological polar surface area (TPSA) is 38.5 Å². The summed E-state index contributed by atoms with van der Waals surface area (Å²) in [4.78, 5) is 1.47. The maximum absolute atomic E-state index is 13.3. The van der Waals surface area contributed by atoms with Crippen LogP contribution in [0.5, 0.6) is 0 Å². The number of nitrogens with zero attached hydrogens (tertiary/aromatic N) is 1. The lowest BCUT2D eigenvalue weighted by molar-refractivity contribution is -0.197. The molecule has 2 atom stereocenters. The summed E-state index contributed by atoms with van der Waals surface area (Å²) in [6.07, 6.45) is -2.67. The summed E-state index contributed by atoms with van der Waals surface area (Å²) in [5.74, 6) is 0. The number of ether oxygens (including phenoxy) is 1. The molecule has 0 saturated carbocycles. The van der Waals surface area contributed by atoms with Gasteiger partial charge in [-0.3, -0.25) is 4.90 Å². The van der Waals surface area contributed by atoms with Crippen molar-refractivity contribution in [2.75, 3.05) is 20.3 Å². The third kappa shape index (κ3) is 5.67. The fourth-order valence-electron chi connectivity index (χ4n) is 2.40. The Bertz CT molecular complexity index is 232. The van der Waals surface area contributed by atoms with E-state index in [9.17, 15) is 13.2 Å². The predicted molar refractivity (Wildman–Crippen MR) is 71.1 cm³/mol. The molecule has 0 aliphatic rings. The van der Waals surface area contributed by atoms with E-state index < -0.39 is 18.3 Å². The molecule has 0 spiro atoms. The van der Waals surface area contributed by atoms with E-state index in [1.54, 1.807) is 6.92 Å². The number of hydrogen-bond acceptors (Lipinski definition) is 3. The van der Waals surface area contributed by atoms with Crippen LogP contribution in [0.15, 0.2) is 0 Å². The van der Waals surface area contributed by atoms with Gasteiger partial charge in [-0.05, 0) is 19.3 Å². The molecule has 0 aliphatic heterocycles. The van der Waals surface area contributed by atoms with Gasteiger partial charge in [-0.25, -0.2) is 0 Å². The Morgan fingerprint density at radius 2 is 1.63 bits per heavy atom. The number of hydrogen-bond donors (Lipinski definition) is 1. The molecule has 0 amide bonds. The number of nitrogens with two attached hydrogens (primary N) is 1. The highest BCUT2D eigenvalue weighted by Gasteiger charge is 2.47. The summed E-state index contributed by atoms with van der Waals surface area (Å²) in [6.45, 7) is 6.02. The molecular formula is C13H27F3N2O. The van der Waals surface area contributed by atoms with Gasteiger partial charge < -0.3 is 10.5 Å². The van der Waals surface area contributed by atoms with E-state index in [2.05, 4.69) is 0 Å². The van der Waals surface area contributed by atoms with Gasteiger partial charge in [-0.15, -0.1) is 0 Å². The van der Waals surface area contributed by atoms with Gasteiger partial charge in [0.05, 0.1) is 6.61 Å². The average Bonchev–Trinajstić information content (AvgIpc) is 2.34. The van der Waals surface area contributed by atoms with Crippen LogP contribution in [0, 0.1) is 0 Å². The fraction of sp³-hybridized carbons (Fsp3) is 1.00. The normalized spacial score (nSPS) is 16.1. The van der Waals surface area contributed by atoms with E-state index in [4.69, 9.17) is 10.5 Å². The fourth-order valence-corrected chi connectivity index (χ4v) is 2.40. The van der Waals surface area contributed by atoms with Crippen LogP contribution in [0.2, 0.25) is 0 Å². The Morgan fingerprint density at radius 3 is 1.95 bits per heavy atom. The Hall–Kier alpha value is -0.330. The minimum atomic E-state index is -4.31. The molecule has 0 aromatic carbocycles. The van der Waals surface area contributed by atoms with Crippen LogP contribution in [-0.2, 0) is 4.74 Å². The summed E-state index contributed by atoms with van der Waals surface area (Å²) in [6, 6.07) is -2.63. The number of rotatable bonds is 9. The Morgan fingerprint density at radius 1 is 1.11 bits per heavy atom. The lowest BCUT2D eigenvalue weighted by atomic mass is 9.99.